The maximum atomic E-state index is 12.3. The summed E-state index contributed by atoms with van der Waals surface area (Å²) in [6, 6.07) is -3.44. The van der Waals surface area contributed by atoms with Crippen LogP contribution in [0.25, 0.3) is 0 Å². The molecule has 3 fully saturated rings. The molecule has 55 heavy (non-hydrogen) atoms. The molecule has 0 radical (unpaired) electrons. The number of carbonyl (C=O) groups excluding carboxylic acids is 4. The van der Waals surface area contributed by atoms with Crippen molar-refractivity contribution >= 4 is 23.8 Å². The number of hydrogen-bond acceptors (Lipinski definition) is 23. The number of amides is 2. The molecule has 0 unspecified atom stereocenters. The van der Waals surface area contributed by atoms with Crippen molar-refractivity contribution in [3.63, 3.8) is 0 Å². The van der Waals surface area contributed by atoms with E-state index in [2.05, 4.69) is 10.6 Å². The van der Waals surface area contributed by atoms with E-state index in [-0.39, 0.29) is 59.1 Å². The van der Waals surface area contributed by atoms with E-state index in [0.29, 0.717) is 0 Å². The number of carboxylic acids is 2. The Kier molecular flexibility index (Phi) is 21.9. The van der Waals surface area contributed by atoms with E-state index in [1.165, 1.54) is 0 Å². The fourth-order valence-corrected chi connectivity index (χ4v) is 5.88. The molecule has 3 aliphatic rings. The van der Waals surface area contributed by atoms with Crippen molar-refractivity contribution in [3.05, 3.63) is 0 Å². The van der Waals surface area contributed by atoms with Crippen molar-refractivity contribution in [2.45, 2.75) is 130 Å². The molecule has 19 atom stereocenters. The minimum Gasteiger partial charge on any atom is -0.547 e. The molecule has 0 saturated carbocycles. The summed E-state index contributed by atoms with van der Waals surface area (Å²) in [6.45, 7) is -1.19. The summed E-state index contributed by atoms with van der Waals surface area (Å²) in [6.07, 6.45) is -36.8. The molecule has 0 aliphatic carbocycles. The fraction of sp³-hybridized carbons (Fsp3) is 0.857. The standard InChI is InChI=1S/C28H46N2O23.2Na/c1-6(34)29-8(3-31)19(12(37)9(36)4-32)49-28-18(43)16(41)21(23(53-28)25(46)47)51-26-11(30-7(2)35)20(13(38)10(5-33)48-26)50-27-17(42)14(39)15(40)22(52-27)24(44)45;;/h8-23,26-28,31-33,36-43H,3-5H2,1-2H3,(H,29,34)(H,30,35)(H,44,45)(H,46,47);;/q;2*+1/p-2/t8-,9+,10+,11+,12+,13-,14-,15+,16+,17+,18+,19+,20+,21-,22-,23-,26-,27+,28+;;/m0../s1. The number of carboxylic acid groups (broad SMARTS) is 2. The third-order valence-corrected chi connectivity index (χ3v) is 8.58. The molecule has 3 rings (SSSR count). The van der Waals surface area contributed by atoms with Gasteiger partial charge in [0.15, 0.2) is 18.9 Å². The summed E-state index contributed by atoms with van der Waals surface area (Å²) < 4.78 is 32.4. The maximum Gasteiger partial charge on any atom is 1.00 e. The first-order chi connectivity index (χ1) is 24.8. The summed E-state index contributed by atoms with van der Waals surface area (Å²) in [5.41, 5.74) is 0. The molecule has 3 aliphatic heterocycles. The summed E-state index contributed by atoms with van der Waals surface area (Å²) in [5.74, 6) is -5.91. The van der Waals surface area contributed by atoms with Gasteiger partial charge in [0.1, 0.15) is 91.5 Å². The van der Waals surface area contributed by atoms with E-state index >= 15 is 0 Å². The minimum absolute atomic E-state index is 0. The van der Waals surface area contributed by atoms with Gasteiger partial charge < -0.3 is 115 Å². The molecule has 0 spiro atoms. The molecular weight excluding hydrogens is 778 g/mol. The van der Waals surface area contributed by atoms with Gasteiger partial charge in [-0.3, -0.25) is 9.59 Å². The Morgan fingerprint density at radius 1 is 0.673 bits per heavy atom. The number of nitrogens with one attached hydrogen (secondary N) is 2. The van der Waals surface area contributed by atoms with E-state index in [4.69, 9.17) is 28.4 Å². The van der Waals surface area contributed by atoms with Crippen LogP contribution in [0.3, 0.4) is 0 Å². The van der Waals surface area contributed by atoms with Crippen molar-refractivity contribution in [1.29, 1.82) is 0 Å². The smallest absolute Gasteiger partial charge is 0.547 e. The van der Waals surface area contributed by atoms with Gasteiger partial charge in [0.05, 0.1) is 37.8 Å². The number of ether oxygens (including phenoxy) is 6. The Bertz CT molecular complexity index is 1260. The number of carbonyl (C=O) groups is 4. The Balaban J connectivity index is 0.00000756. The molecule has 306 valence electrons. The zero-order valence-electron chi connectivity index (χ0n) is 29.9. The Morgan fingerprint density at radius 3 is 1.71 bits per heavy atom. The fourth-order valence-electron chi connectivity index (χ4n) is 5.88. The predicted octanol–water partition coefficient (Wildman–Crippen LogP) is -18.3. The maximum absolute atomic E-state index is 12.3. The van der Waals surface area contributed by atoms with Gasteiger partial charge in [0.2, 0.25) is 11.8 Å². The normalized spacial score (nSPS) is 38.5. The molecule has 3 heterocycles. The van der Waals surface area contributed by atoms with Gasteiger partial charge in [0.25, 0.3) is 0 Å². The Morgan fingerprint density at radius 2 is 1.22 bits per heavy atom. The first-order valence-electron chi connectivity index (χ1n) is 15.9. The van der Waals surface area contributed by atoms with Crippen LogP contribution in [0, 0.1) is 0 Å². The number of rotatable bonds is 16. The summed E-state index contributed by atoms with van der Waals surface area (Å²) in [5, 5.41) is 142. The van der Waals surface area contributed by atoms with Crippen LogP contribution >= 0.6 is 0 Å². The van der Waals surface area contributed by atoms with Crippen LogP contribution < -0.4 is 80.0 Å². The third-order valence-electron chi connectivity index (χ3n) is 8.58. The SMILES string of the molecule is CC(=O)N[C@H]1[C@H](O[C@H]2[C@H](O)[C@@H](O)[C@H](O[C@@H]([C@H](O)[C@H](O)CO)[C@H](CO)NC(C)=O)O[C@@H]2C(=O)[O-])O[C@H](CO)[C@H](O)[C@@H]1O[C@@H]1O[C@H](C(=O)[O-])[C@H](O)[C@H](O)[C@H]1O.[Na+].[Na+]. The van der Waals surface area contributed by atoms with Gasteiger partial charge in [-0.25, -0.2) is 0 Å². The second kappa shape index (κ2) is 23.1. The largest absolute Gasteiger partial charge is 1.00 e. The topological polar surface area (TPSA) is 416 Å². The van der Waals surface area contributed by atoms with Crippen LogP contribution in [0.1, 0.15) is 13.8 Å². The van der Waals surface area contributed by atoms with Crippen LogP contribution in [0.2, 0.25) is 0 Å². The zero-order valence-corrected chi connectivity index (χ0v) is 33.9. The van der Waals surface area contributed by atoms with E-state index < -0.39 is 160 Å². The molecule has 0 bridgehead atoms. The van der Waals surface area contributed by atoms with E-state index in [1.54, 1.807) is 0 Å². The van der Waals surface area contributed by atoms with Crippen LogP contribution in [0.5, 0.6) is 0 Å². The predicted molar refractivity (Wildman–Crippen MR) is 155 cm³/mol. The molecule has 0 aromatic rings. The second-order valence-corrected chi connectivity index (χ2v) is 12.4. The molecule has 0 aromatic carbocycles. The molecule has 2 amide bonds. The molecule has 0 aromatic heterocycles. The first-order valence-corrected chi connectivity index (χ1v) is 15.9. The van der Waals surface area contributed by atoms with Gasteiger partial charge in [-0.05, 0) is 0 Å². The minimum atomic E-state index is -2.46. The monoisotopic (exact) mass is 822 g/mol. The Labute approximate surface area is 355 Å². The van der Waals surface area contributed by atoms with Crippen molar-refractivity contribution in [2.75, 3.05) is 19.8 Å². The number of aliphatic hydroxyl groups is 11. The molecule has 25 nitrogen and oxygen atoms in total. The average molecular weight is 823 g/mol. The molecular formula is C28H44N2Na2O23. The third kappa shape index (κ3) is 12.6. The van der Waals surface area contributed by atoms with Crippen molar-refractivity contribution in [2.24, 2.45) is 0 Å². The van der Waals surface area contributed by atoms with Crippen LogP contribution in [-0.4, -0.2) is 216 Å². The van der Waals surface area contributed by atoms with Gasteiger partial charge in [-0.15, -0.1) is 0 Å². The summed E-state index contributed by atoms with van der Waals surface area (Å²) in [7, 11) is 0. The van der Waals surface area contributed by atoms with Crippen LogP contribution in [-0.2, 0) is 47.6 Å². The quantitative estimate of drug-likeness (QED) is 0.0643. The van der Waals surface area contributed by atoms with Gasteiger partial charge in [0, 0.05) is 13.8 Å². The number of hydrogen-bond donors (Lipinski definition) is 13. The Hall–Kier alpha value is -0.800. The molecule has 13 N–H and O–H groups in total. The van der Waals surface area contributed by atoms with Crippen LogP contribution in [0.15, 0.2) is 0 Å². The van der Waals surface area contributed by atoms with E-state index in [0.717, 1.165) is 13.8 Å². The van der Waals surface area contributed by atoms with Crippen LogP contribution in [0.4, 0.5) is 0 Å². The van der Waals surface area contributed by atoms with Crippen molar-refractivity contribution < 1.29 is 173 Å². The van der Waals surface area contributed by atoms with Gasteiger partial charge in [-0.2, -0.15) is 0 Å². The second-order valence-electron chi connectivity index (χ2n) is 12.4. The first kappa shape index (κ1) is 52.2. The summed E-state index contributed by atoms with van der Waals surface area (Å²) in [4.78, 5) is 47.8. The zero-order chi connectivity index (χ0) is 40.1. The van der Waals surface area contributed by atoms with Gasteiger partial charge >= 0.3 is 59.1 Å². The molecule has 27 heteroatoms. The number of aliphatic hydroxyl groups excluding tert-OH is 11. The van der Waals surface area contributed by atoms with Crippen molar-refractivity contribution in [1.82, 2.24) is 10.6 Å². The van der Waals surface area contributed by atoms with Gasteiger partial charge in [-0.1, -0.05) is 0 Å². The average Bonchev–Trinajstić information content (AvgIpc) is 3.09. The summed E-state index contributed by atoms with van der Waals surface area (Å²) >= 11 is 0. The van der Waals surface area contributed by atoms with Crippen molar-refractivity contribution in [3.8, 4) is 0 Å². The number of aliphatic carboxylic acids is 2. The van der Waals surface area contributed by atoms with E-state index in [9.17, 15) is 85.6 Å². The van der Waals surface area contributed by atoms with E-state index in [1.807, 2.05) is 0 Å². The molecule has 3 saturated heterocycles.